The highest BCUT2D eigenvalue weighted by atomic mass is 19.1. The average Bonchev–Trinajstić information content (AvgIpc) is 3.20. The molecular formula is C24H22FN5. The molecule has 0 saturated heterocycles. The van der Waals surface area contributed by atoms with Crippen LogP contribution >= 0.6 is 0 Å². The lowest BCUT2D eigenvalue weighted by atomic mass is 10.0. The summed E-state index contributed by atoms with van der Waals surface area (Å²) in [6.07, 6.45) is 3.56. The second kappa shape index (κ2) is 7.06. The van der Waals surface area contributed by atoms with Crippen LogP contribution in [0.2, 0.25) is 0 Å². The van der Waals surface area contributed by atoms with Gasteiger partial charge in [0.2, 0.25) is 0 Å². The van der Waals surface area contributed by atoms with E-state index in [0.29, 0.717) is 0 Å². The van der Waals surface area contributed by atoms with Crippen LogP contribution in [0.15, 0.2) is 48.8 Å². The maximum atomic E-state index is 14.3. The van der Waals surface area contributed by atoms with Crippen molar-refractivity contribution in [3.63, 3.8) is 0 Å². The summed E-state index contributed by atoms with van der Waals surface area (Å²) < 4.78 is 14.3. The number of rotatable bonds is 4. The normalized spacial score (nSPS) is 11.6. The van der Waals surface area contributed by atoms with Gasteiger partial charge in [-0.2, -0.15) is 0 Å². The van der Waals surface area contributed by atoms with E-state index in [1.165, 1.54) is 0 Å². The first-order valence-electron chi connectivity index (χ1n) is 10.2. The second-order valence-electron chi connectivity index (χ2n) is 7.40. The maximum absolute atomic E-state index is 14.3. The molecule has 0 fully saturated rings. The van der Waals surface area contributed by atoms with Gasteiger partial charge in [-0.3, -0.25) is 9.97 Å². The molecule has 3 aromatic heterocycles. The number of imidazole rings is 1. The van der Waals surface area contributed by atoms with Crippen molar-refractivity contribution < 1.29 is 4.39 Å². The molecule has 5 nitrogen and oxygen atoms in total. The van der Waals surface area contributed by atoms with Gasteiger partial charge in [-0.15, -0.1) is 0 Å². The van der Waals surface area contributed by atoms with Crippen LogP contribution < -0.4 is 4.90 Å². The average molecular weight is 399 g/mol. The third-order valence-corrected chi connectivity index (χ3v) is 5.69. The largest absolute Gasteiger partial charge is 0.371 e. The smallest absolute Gasteiger partial charge is 0.140 e. The Bertz CT molecular complexity index is 1330. The number of anilines is 1. The topological polar surface area (TPSA) is 57.7 Å². The third kappa shape index (κ3) is 2.71. The standard InChI is InChI=1S/C24H22FN5/c1-4-30(5-2)18-13-15(25)12-14(3)19(18)24-28-22-16-8-6-10-26-20(16)21-17(23(22)29-24)9-7-11-27-21/h6-13H,4-5H2,1-3H3,(H,28,29). The first kappa shape index (κ1) is 18.5. The molecule has 0 spiro atoms. The Morgan fingerprint density at radius 2 is 1.60 bits per heavy atom. The number of nitrogens with zero attached hydrogens (tertiary/aromatic N) is 4. The van der Waals surface area contributed by atoms with E-state index in [1.807, 2.05) is 31.2 Å². The van der Waals surface area contributed by atoms with E-state index >= 15 is 0 Å². The molecule has 150 valence electrons. The van der Waals surface area contributed by atoms with Crippen LogP contribution in [-0.4, -0.2) is 33.0 Å². The summed E-state index contributed by atoms with van der Waals surface area (Å²) in [5.41, 5.74) is 6.06. The summed E-state index contributed by atoms with van der Waals surface area (Å²) in [4.78, 5) is 19.8. The fourth-order valence-corrected chi connectivity index (χ4v) is 4.31. The highest BCUT2D eigenvalue weighted by Gasteiger charge is 2.20. The van der Waals surface area contributed by atoms with Gasteiger partial charge in [-0.25, -0.2) is 9.37 Å². The fraction of sp³-hybridized carbons (Fsp3) is 0.208. The van der Waals surface area contributed by atoms with E-state index in [9.17, 15) is 4.39 Å². The van der Waals surface area contributed by atoms with E-state index in [1.54, 1.807) is 24.5 Å². The van der Waals surface area contributed by atoms with Crippen LogP contribution in [0.25, 0.3) is 44.2 Å². The predicted octanol–water partition coefficient (Wildman–Crippen LogP) is 5.62. The zero-order valence-corrected chi connectivity index (χ0v) is 17.2. The molecule has 0 aliphatic carbocycles. The highest BCUT2D eigenvalue weighted by Crippen LogP contribution is 2.37. The molecule has 0 amide bonds. The summed E-state index contributed by atoms with van der Waals surface area (Å²) in [7, 11) is 0. The SMILES string of the molecule is CCN(CC)c1cc(F)cc(C)c1-c1nc2c3cccnc3c3ncccc3c2[nH]1. The van der Waals surface area contributed by atoms with Gasteiger partial charge in [-0.05, 0) is 62.7 Å². The molecule has 3 heterocycles. The van der Waals surface area contributed by atoms with Crippen LogP contribution in [0, 0.1) is 12.7 Å². The molecule has 2 aromatic carbocycles. The van der Waals surface area contributed by atoms with Gasteiger partial charge in [0.15, 0.2) is 0 Å². The predicted molar refractivity (Wildman–Crippen MR) is 120 cm³/mol. The second-order valence-corrected chi connectivity index (χ2v) is 7.40. The monoisotopic (exact) mass is 399 g/mol. The van der Waals surface area contributed by atoms with Gasteiger partial charge in [0.25, 0.3) is 0 Å². The van der Waals surface area contributed by atoms with Crippen LogP contribution in [0.1, 0.15) is 19.4 Å². The van der Waals surface area contributed by atoms with Crippen molar-refractivity contribution >= 4 is 38.5 Å². The Morgan fingerprint density at radius 3 is 2.30 bits per heavy atom. The van der Waals surface area contributed by atoms with Crippen molar-refractivity contribution in [1.82, 2.24) is 19.9 Å². The Labute approximate surface area is 173 Å². The lowest BCUT2D eigenvalue weighted by Gasteiger charge is -2.24. The number of halogens is 1. The number of pyridine rings is 2. The number of benzene rings is 2. The Hall–Kier alpha value is -3.54. The van der Waals surface area contributed by atoms with Gasteiger partial charge < -0.3 is 9.88 Å². The molecule has 30 heavy (non-hydrogen) atoms. The minimum absolute atomic E-state index is 0.237. The van der Waals surface area contributed by atoms with Crippen molar-refractivity contribution in [2.75, 3.05) is 18.0 Å². The van der Waals surface area contributed by atoms with Gasteiger partial charge >= 0.3 is 0 Å². The number of hydrogen-bond donors (Lipinski definition) is 1. The van der Waals surface area contributed by atoms with Gasteiger partial charge in [0, 0.05) is 41.8 Å². The molecule has 0 aliphatic rings. The molecule has 5 aromatic rings. The number of fused-ring (bicyclic) bond motifs is 6. The van der Waals surface area contributed by atoms with E-state index in [4.69, 9.17) is 4.98 Å². The first-order chi connectivity index (χ1) is 14.6. The Morgan fingerprint density at radius 1 is 0.933 bits per heavy atom. The number of hydrogen-bond acceptors (Lipinski definition) is 4. The number of nitrogens with one attached hydrogen (secondary N) is 1. The van der Waals surface area contributed by atoms with E-state index < -0.39 is 0 Å². The van der Waals surface area contributed by atoms with Crippen molar-refractivity contribution in [1.29, 1.82) is 0 Å². The highest BCUT2D eigenvalue weighted by molar-refractivity contribution is 6.21. The molecule has 0 radical (unpaired) electrons. The summed E-state index contributed by atoms with van der Waals surface area (Å²) in [6, 6.07) is 11.0. The molecule has 0 saturated carbocycles. The summed E-state index contributed by atoms with van der Waals surface area (Å²) in [5.74, 6) is 0.490. The van der Waals surface area contributed by atoms with Crippen molar-refractivity contribution in [3.8, 4) is 11.4 Å². The number of aromatic nitrogens is 4. The van der Waals surface area contributed by atoms with E-state index in [2.05, 4.69) is 33.7 Å². The maximum Gasteiger partial charge on any atom is 0.140 e. The number of aryl methyl sites for hydroxylation is 1. The van der Waals surface area contributed by atoms with Crippen molar-refractivity contribution in [3.05, 3.63) is 60.2 Å². The molecule has 1 N–H and O–H groups in total. The molecule has 0 aliphatic heterocycles. The summed E-state index contributed by atoms with van der Waals surface area (Å²) >= 11 is 0. The summed E-state index contributed by atoms with van der Waals surface area (Å²) in [6.45, 7) is 7.64. The van der Waals surface area contributed by atoms with E-state index in [0.717, 1.165) is 68.6 Å². The molecule has 6 heteroatoms. The zero-order chi connectivity index (χ0) is 20.8. The first-order valence-corrected chi connectivity index (χ1v) is 10.2. The molecule has 5 rings (SSSR count). The van der Waals surface area contributed by atoms with Gasteiger partial charge in [0.05, 0.1) is 27.8 Å². The number of H-pyrrole nitrogens is 1. The Balaban J connectivity index is 1.89. The molecule has 0 unspecified atom stereocenters. The van der Waals surface area contributed by atoms with Crippen LogP contribution in [0.3, 0.4) is 0 Å². The quantitative estimate of drug-likeness (QED) is 0.399. The number of aromatic amines is 1. The van der Waals surface area contributed by atoms with Crippen LogP contribution in [0.4, 0.5) is 10.1 Å². The van der Waals surface area contributed by atoms with Crippen molar-refractivity contribution in [2.45, 2.75) is 20.8 Å². The van der Waals surface area contributed by atoms with Crippen molar-refractivity contribution in [2.24, 2.45) is 0 Å². The van der Waals surface area contributed by atoms with Crippen LogP contribution in [-0.2, 0) is 0 Å². The Kier molecular flexibility index (Phi) is 4.35. The minimum atomic E-state index is -0.237. The van der Waals surface area contributed by atoms with E-state index in [-0.39, 0.29) is 5.82 Å². The van der Waals surface area contributed by atoms with Crippen LogP contribution in [0.5, 0.6) is 0 Å². The fourth-order valence-electron chi connectivity index (χ4n) is 4.31. The zero-order valence-electron chi connectivity index (χ0n) is 17.2. The molecule has 0 bridgehead atoms. The van der Waals surface area contributed by atoms with Gasteiger partial charge in [0.1, 0.15) is 11.6 Å². The lowest BCUT2D eigenvalue weighted by molar-refractivity contribution is 0.625. The van der Waals surface area contributed by atoms with Gasteiger partial charge in [-0.1, -0.05) is 0 Å². The lowest BCUT2D eigenvalue weighted by Crippen LogP contribution is -2.23. The summed E-state index contributed by atoms with van der Waals surface area (Å²) in [5, 5.41) is 1.92. The third-order valence-electron chi connectivity index (χ3n) is 5.69. The minimum Gasteiger partial charge on any atom is -0.371 e. The molecule has 0 atom stereocenters. The molecular weight excluding hydrogens is 377 g/mol.